The van der Waals surface area contributed by atoms with Crippen LogP contribution in [0.15, 0.2) is 54.6 Å². The first-order chi connectivity index (χ1) is 16.3. The van der Waals surface area contributed by atoms with Crippen molar-refractivity contribution < 1.29 is 19.2 Å². The van der Waals surface area contributed by atoms with E-state index in [0.717, 1.165) is 11.1 Å². The van der Waals surface area contributed by atoms with Crippen LogP contribution in [0.25, 0.3) is 0 Å². The van der Waals surface area contributed by atoms with Crippen LogP contribution in [0.4, 0.5) is 17.1 Å². The van der Waals surface area contributed by atoms with Gasteiger partial charge in [0.05, 0.1) is 16.6 Å². The second-order valence-corrected chi connectivity index (χ2v) is 8.11. The highest BCUT2D eigenvalue weighted by Crippen LogP contribution is 2.37. The summed E-state index contributed by atoms with van der Waals surface area (Å²) in [5.74, 6) is 0.295. The normalized spacial score (nSPS) is 10.5. The Morgan fingerprint density at radius 3 is 2.35 bits per heavy atom. The molecule has 0 aliphatic heterocycles. The van der Waals surface area contributed by atoms with E-state index in [2.05, 4.69) is 10.6 Å². The number of benzene rings is 3. The van der Waals surface area contributed by atoms with Crippen molar-refractivity contribution in [2.75, 3.05) is 23.8 Å². The molecule has 2 N–H and O–H groups in total. The highest BCUT2D eigenvalue weighted by Gasteiger charge is 2.15. The van der Waals surface area contributed by atoms with Gasteiger partial charge < -0.3 is 20.1 Å². The van der Waals surface area contributed by atoms with Gasteiger partial charge in [-0.15, -0.1) is 0 Å². The average molecular weight is 504 g/mol. The topological polar surface area (TPSA) is 103 Å². The smallest absolute Gasteiger partial charge is 0.269 e. The van der Waals surface area contributed by atoms with E-state index in [1.165, 1.54) is 12.1 Å². The minimum absolute atomic E-state index is 0.0169. The molecule has 10 heteroatoms. The summed E-state index contributed by atoms with van der Waals surface area (Å²) in [5.41, 5.74) is 3.01. The molecule has 0 unspecified atom stereocenters. The van der Waals surface area contributed by atoms with Crippen LogP contribution >= 0.6 is 23.2 Å². The van der Waals surface area contributed by atoms with Crippen LogP contribution in [-0.4, -0.2) is 24.0 Å². The number of nitrogens with one attached hydrogen (secondary N) is 2. The summed E-state index contributed by atoms with van der Waals surface area (Å²) in [4.78, 5) is 22.7. The number of halogens is 2. The van der Waals surface area contributed by atoms with E-state index in [1.807, 2.05) is 19.9 Å². The molecule has 0 aliphatic rings. The zero-order chi connectivity index (χ0) is 24.7. The number of rotatable bonds is 10. The highest BCUT2D eigenvalue weighted by molar-refractivity contribution is 6.32. The number of hydrogen-bond acceptors (Lipinski definition) is 6. The summed E-state index contributed by atoms with van der Waals surface area (Å²) in [6, 6.07) is 14.8. The molecule has 178 valence electrons. The van der Waals surface area contributed by atoms with E-state index < -0.39 is 4.92 Å². The van der Waals surface area contributed by atoms with Crippen molar-refractivity contribution in [3.63, 3.8) is 0 Å². The van der Waals surface area contributed by atoms with Gasteiger partial charge in [0.1, 0.15) is 0 Å². The summed E-state index contributed by atoms with van der Waals surface area (Å²) in [7, 11) is 0. The van der Waals surface area contributed by atoms with Crippen LogP contribution in [0.3, 0.4) is 0 Å². The molecule has 3 aromatic carbocycles. The predicted molar refractivity (Wildman–Crippen MR) is 133 cm³/mol. The summed E-state index contributed by atoms with van der Waals surface area (Å²) < 4.78 is 11.3. The Balaban J connectivity index is 1.65. The molecule has 0 radical (unpaired) electrons. The number of ether oxygens (including phenoxy) is 2. The first-order valence-corrected chi connectivity index (χ1v) is 11.1. The Hall–Kier alpha value is -3.49. The van der Waals surface area contributed by atoms with E-state index in [0.29, 0.717) is 35.3 Å². The summed E-state index contributed by atoms with van der Waals surface area (Å²) in [6.45, 7) is 4.20. The number of nitro benzene ring substituents is 1. The number of nitrogens with zero attached hydrogens (tertiary/aromatic N) is 1. The number of nitro groups is 1. The lowest BCUT2D eigenvalue weighted by Crippen LogP contribution is -2.20. The van der Waals surface area contributed by atoms with Crippen molar-refractivity contribution in [3.8, 4) is 11.5 Å². The lowest BCUT2D eigenvalue weighted by molar-refractivity contribution is -0.384. The molecule has 0 fully saturated rings. The molecule has 0 spiro atoms. The zero-order valence-electron chi connectivity index (χ0n) is 18.6. The van der Waals surface area contributed by atoms with Gasteiger partial charge in [-0.2, -0.15) is 0 Å². The lowest BCUT2D eigenvalue weighted by Gasteiger charge is -2.16. The second-order valence-electron chi connectivity index (χ2n) is 7.30. The van der Waals surface area contributed by atoms with Crippen LogP contribution in [0.5, 0.6) is 11.5 Å². The molecule has 0 bridgehead atoms. The Morgan fingerprint density at radius 1 is 1.00 bits per heavy atom. The Kier molecular flexibility index (Phi) is 8.56. The minimum Gasteiger partial charge on any atom is -0.490 e. The van der Waals surface area contributed by atoms with Gasteiger partial charge in [-0.25, -0.2) is 0 Å². The largest absolute Gasteiger partial charge is 0.490 e. The fraction of sp³-hybridized carbons (Fsp3) is 0.208. The van der Waals surface area contributed by atoms with Gasteiger partial charge in [-0.3, -0.25) is 14.9 Å². The molecule has 0 saturated carbocycles. The number of anilines is 2. The predicted octanol–water partition coefficient (Wildman–Crippen LogP) is 6.24. The maximum Gasteiger partial charge on any atom is 0.269 e. The van der Waals surface area contributed by atoms with Gasteiger partial charge in [0, 0.05) is 35.1 Å². The van der Waals surface area contributed by atoms with Gasteiger partial charge in [-0.05, 0) is 61.4 Å². The minimum atomic E-state index is -0.452. The van der Waals surface area contributed by atoms with Crippen molar-refractivity contribution in [1.82, 2.24) is 0 Å². The average Bonchev–Trinajstić information content (AvgIpc) is 2.80. The summed E-state index contributed by atoms with van der Waals surface area (Å²) >= 11 is 12.5. The number of carbonyl (C=O) groups is 1. The third kappa shape index (κ3) is 6.76. The summed E-state index contributed by atoms with van der Waals surface area (Å²) in [6.07, 6.45) is 0. The van der Waals surface area contributed by atoms with Gasteiger partial charge in [-0.1, -0.05) is 29.3 Å². The molecule has 0 aromatic heterocycles. The van der Waals surface area contributed by atoms with Crippen molar-refractivity contribution in [2.45, 2.75) is 20.4 Å². The second kappa shape index (κ2) is 11.6. The van der Waals surface area contributed by atoms with Crippen molar-refractivity contribution in [1.29, 1.82) is 0 Å². The SMILES string of the molecule is CCOc1cc(CNc2ccc([N+](=O)[O-])cc2)cc(Cl)c1OCC(=O)Nc1ccc(C)c(Cl)c1. The third-order valence-electron chi connectivity index (χ3n) is 4.75. The van der Waals surface area contributed by atoms with E-state index in [9.17, 15) is 14.9 Å². The molecular weight excluding hydrogens is 481 g/mol. The number of amides is 1. The van der Waals surface area contributed by atoms with E-state index in [4.69, 9.17) is 32.7 Å². The number of hydrogen-bond donors (Lipinski definition) is 2. The van der Waals surface area contributed by atoms with Gasteiger partial charge in [0.25, 0.3) is 11.6 Å². The fourth-order valence-electron chi connectivity index (χ4n) is 3.04. The van der Waals surface area contributed by atoms with Crippen LogP contribution in [-0.2, 0) is 11.3 Å². The standard InChI is InChI=1S/C24H23Cl2N3O5/c1-3-33-22-11-16(13-27-17-6-8-19(9-7-17)29(31)32)10-21(26)24(22)34-14-23(30)28-18-5-4-15(2)20(25)12-18/h4-12,27H,3,13-14H2,1-2H3,(H,28,30). The fourth-order valence-corrected chi connectivity index (χ4v) is 3.51. The third-order valence-corrected chi connectivity index (χ3v) is 5.44. The zero-order valence-corrected chi connectivity index (χ0v) is 20.1. The molecule has 1 amide bonds. The lowest BCUT2D eigenvalue weighted by atomic mass is 10.2. The van der Waals surface area contributed by atoms with Crippen molar-refractivity contribution in [2.24, 2.45) is 0 Å². The Labute approximate surface area is 206 Å². The molecular formula is C24H23Cl2N3O5. The van der Waals surface area contributed by atoms with Crippen molar-refractivity contribution >= 4 is 46.2 Å². The molecule has 0 atom stereocenters. The molecule has 0 saturated heterocycles. The number of carbonyl (C=O) groups excluding carboxylic acids is 1. The van der Waals surface area contributed by atoms with Crippen LogP contribution < -0.4 is 20.1 Å². The summed E-state index contributed by atoms with van der Waals surface area (Å²) in [5, 5.41) is 17.5. The van der Waals surface area contributed by atoms with Gasteiger partial charge >= 0.3 is 0 Å². The first kappa shape index (κ1) is 25.1. The monoisotopic (exact) mass is 503 g/mol. The Morgan fingerprint density at radius 2 is 1.71 bits per heavy atom. The van der Waals surface area contributed by atoms with E-state index in [1.54, 1.807) is 36.4 Å². The molecule has 0 heterocycles. The number of aryl methyl sites for hydroxylation is 1. The number of non-ortho nitro benzene ring substituents is 1. The van der Waals surface area contributed by atoms with Crippen LogP contribution in [0.2, 0.25) is 10.0 Å². The molecule has 0 aliphatic carbocycles. The molecule has 3 aromatic rings. The van der Waals surface area contributed by atoms with Gasteiger partial charge in [0.15, 0.2) is 18.1 Å². The van der Waals surface area contributed by atoms with Gasteiger partial charge in [0.2, 0.25) is 0 Å². The first-order valence-electron chi connectivity index (χ1n) is 10.4. The molecule has 34 heavy (non-hydrogen) atoms. The molecule has 8 nitrogen and oxygen atoms in total. The quantitative estimate of drug-likeness (QED) is 0.250. The van der Waals surface area contributed by atoms with Crippen LogP contribution in [0, 0.1) is 17.0 Å². The van der Waals surface area contributed by atoms with E-state index >= 15 is 0 Å². The highest BCUT2D eigenvalue weighted by atomic mass is 35.5. The van der Waals surface area contributed by atoms with Crippen molar-refractivity contribution in [3.05, 3.63) is 85.9 Å². The Bertz CT molecular complexity index is 1190. The van der Waals surface area contributed by atoms with E-state index in [-0.39, 0.29) is 29.0 Å². The van der Waals surface area contributed by atoms with Crippen LogP contribution in [0.1, 0.15) is 18.1 Å². The maximum absolute atomic E-state index is 12.3. The molecule has 3 rings (SSSR count). The maximum atomic E-state index is 12.3.